The van der Waals surface area contributed by atoms with Gasteiger partial charge in [0.1, 0.15) is 5.60 Å². The van der Waals surface area contributed by atoms with Crippen LogP contribution in [0.5, 0.6) is 0 Å². The van der Waals surface area contributed by atoms with Crippen molar-refractivity contribution in [2.75, 3.05) is 10.6 Å². The quantitative estimate of drug-likeness (QED) is 0.266. The molecule has 5 aromatic rings. The Kier molecular flexibility index (Phi) is 6.00. The van der Waals surface area contributed by atoms with Gasteiger partial charge in [-0.25, -0.2) is 27.1 Å². The minimum absolute atomic E-state index is 0.250. The van der Waals surface area contributed by atoms with E-state index >= 15 is 0 Å². The SMILES string of the molecule is CC(C)(C)OC(=O)n1c2ccccc2c2c(-c3ccccc3)c(N(c3ccccc3)S(C)(=O)=O)ncc21. The number of hydrogen-bond acceptors (Lipinski definition) is 5. The van der Waals surface area contributed by atoms with Crippen LogP contribution in [0.15, 0.2) is 91.1 Å². The van der Waals surface area contributed by atoms with Crippen LogP contribution < -0.4 is 4.31 Å². The van der Waals surface area contributed by atoms with Crippen molar-refractivity contribution in [3.05, 3.63) is 91.1 Å². The monoisotopic (exact) mass is 513 g/mol. The summed E-state index contributed by atoms with van der Waals surface area (Å²) in [6.07, 6.45) is 2.17. The second-order valence-corrected chi connectivity index (χ2v) is 11.6. The van der Waals surface area contributed by atoms with Gasteiger partial charge in [0, 0.05) is 16.3 Å². The predicted molar refractivity (Wildman–Crippen MR) is 148 cm³/mol. The lowest BCUT2D eigenvalue weighted by Crippen LogP contribution is -2.27. The lowest BCUT2D eigenvalue weighted by Gasteiger charge is -2.25. The van der Waals surface area contributed by atoms with E-state index in [1.807, 2.05) is 81.4 Å². The van der Waals surface area contributed by atoms with Gasteiger partial charge in [-0.05, 0) is 44.5 Å². The molecule has 3 aromatic carbocycles. The first-order chi connectivity index (χ1) is 17.6. The molecule has 0 unspecified atom stereocenters. The Morgan fingerprint density at radius 3 is 2.08 bits per heavy atom. The number of benzene rings is 3. The molecule has 0 fully saturated rings. The number of sulfonamides is 1. The highest BCUT2D eigenvalue weighted by Gasteiger charge is 2.30. The fourth-order valence-corrected chi connectivity index (χ4v) is 5.47. The van der Waals surface area contributed by atoms with Gasteiger partial charge in [0.15, 0.2) is 5.82 Å². The summed E-state index contributed by atoms with van der Waals surface area (Å²) in [5.74, 6) is 0.250. The molecule has 0 bridgehead atoms. The molecule has 5 rings (SSSR count). The highest BCUT2D eigenvalue weighted by molar-refractivity contribution is 7.92. The Bertz CT molecular complexity index is 1720. The Hall–Kier alpha value is -4.17. The van der Waals surface area contributed by atoms with E-state index in [1.165, 1.54) is 8.87 Å². The second kappa shape index (κ2) is 9.05. The van der Waals surface area contributed by atoms with Crippen LogP contribution in [0.4, 0.5) is 16.3 Å². The molecule has 0 spiro atoms. The average molecular weight is 514 g/mol. The molecule has 0 aliphatic carbocycles. The summed E-state index contributed by atoms with van der Waals surface area (Å²) in [6, 6.07) is 25.8. The van der Waals surface area contributed by atoms with Gasteiger partial charge in [0.05, 0.1) is 29.2 Å². The zero-order valence-electron chi connectivity index (χ0n) is 21.0. The van der Waals surface area contributed by atoms with Crippen molar-refractivity contribution in [3.8, 4) is 11.1 Å². The molecule has 8 heteroatoms. The number of ether oxygens (including phenoxy) is 1. The number of pyridine rings is 1. The largest absolute Gasteiger partial charge is 0.443 e. The molecular formula is C29H27N3O4S. The van der Waals surface area contributed by atoms with E-state index in [0.29, 0.717) is 27.7 Å². The van der Waals surface area contributed by atoms with E-state index in [2.05, 4.69) is 4.98 Å². The molecule has 0 atom stereocenters. The van der Waals surface area contributed by atoms with Gasteiger partial charge in [-0.1, -0.05) is 66.7 Å². The third kappa shape index (κ3) is 4.56. The first-order valence-corrected chi connectivity index (χ1v) is 13.7. The van der Waals surface area contributed by atoms with Gasteiger partial charge < -0.3 is 4.74 Å². The van der Waals surface area contributed by atoms with Crippen LogP contribution in [-0.4, -0.2) is 35.9 Å². The third-order valence-corrected chi connectivity index (χ3v) is 6.89. The number of carbonyl (C=O) groups is 1. The summed E-state index contributed by atoms with van der Waals surface area (Å²) >= 11 is 0. The molecule has 0 saturated carbocycles. The summed E-state index contributed by atoms with van der Waals surface area (Å²) < 4.78 is 34.9. The van der Waals surface area contributed by atoms with E-state index in [4.69, 9.17) is 4.74 Å². The van der Waals surface area contributed by atoms with E-state index in [-0.39, 0.29) is 5.82 Å². The first-order valence-electron chi connectivity index (χ1n) is 11.8. The molecule has 0 radical (unpaired) electrons. The van der Waals surface area contributed by atoms with Crippen molar-refractivity contribution < 1.29 is 17.9 Å². The Labute approximate surface area is 216 Å². The number of anilines is 2. The van der Waals surface area contributed by atoms with E-state index in [1.54, 1.807) is 30.5 Å². The summed E-state index contributed by atoms with van der Waals surface area (Å²) in [7, 11) is -3.78. The van der Waals surface area contributed by atoms with E-state index in [9.17, 15) is 13.2 Å². The maximum absolute atomic E-state index is 13.4. The van der Waals surface area contributed by atoms with Crippen LogP contribution in [0.1, 0.15) is 20.8 Å². The minimum atomic E-state index is -3.78. The minimum Gasteiger partial charge on any atom is -0.443 e. The van der Waals surface area contributed by atoms with Crippen LogP contribution in [-0.2, 0) is 14.8 Å². The lowest BCUT2D eigenvalue weighted by atomic mass is 10.00. The fourth-order valence-electron chi connectivity index (χ4n) is 4.51. The Balaban J connectivity index is 1.94. The number of aromatic nitrogens is 2. The molecule has 2 heterocycles. The van der Waals surface area contributed by atoms with Crippen molar-refractivity contribution in [2.24, 2.45) is 0 Å². The van der Waals surface area contributed by atoms with Crippen LogP contribution in [0.2, 0.25) is 0 Å². The number of rotatable bonds is 4. The maximum Gasteiger partial charge on any atom is 0.419 e. The van der Waals surface area contributed by atoms with Crippen molar-refractivity contribution in [1.29, 1.82) is 0 Å². The van der Waals surface area contributed by atoms with Gasteiger partial charge in [-0.3, -0.25) is 0 Å². The number of nitrogens with zero attached hydrogens (tertiary/aromatic N) is 3. The van der Waals surface area contributed by atoms with Crippen LogP contribution in [0, 0.1) is 0 Å². The molecule has 0 N–H and O–H groups in total. The molecular weight excluding hydrogens is 486 g/mol. The normalized spacial score (nSPS) is 12.1. The van der Waals surface area contributed by atoms with Crippen LogP contribution in [0.25, 0.3) is 32.9 Å². The second-order valence-electron chi connectivity index (χ2n) is 9.78. The molecule has 188 valence electrons. The standard InChI is InChI=1S/C29H27N3O4S/c1-29(2,3)36-28(33)31-23-18-12-11-17-22(23)26-24(31)19-30-27(25(26)20-13-7-5-8-14-20)32(37(4,34)35)21-15-9-6-10-16-21/h5-19H,1-4H3. The Morgan fingerprint density at radius 2 is 1.46 bits per heavy atom. The van der Waals surface area contributed by atoms with Crippen molar-refractivity contribution >= 4 is 49.4 Å². The number of para-hydroxylation sites is 2. The smallest absolute Gasteiger partial charge is 0.419 e. The zero-order chi connectivity index (χ0) is 26.4. The van der Waals surface area contributed by atoms with E-state index in [0.717, 1.165) is 17.2 Å². The summed E-state index contributed by atoms with van der Waals surface area (Å²) in [6.45, 7) is 5.44. The summed E-state index contributed by atoms with van der Waals surface area (Å²) in [5.41, 5.74) is 2.31. The number of carbonyl (C=O) groups excluding carboxylic acids is 1. The molecule has 0 aliphatic rings. The van der Waals surface area contributed by atoms with Crippen LogP contribution >= 0.6 is 0 Å². The summed E-state index contributed by atoms with van der Waals surface area (Å²) in [4.78, 5) is 18.1. The van der Waals surface area contributed by atoms with Crippen LogP contribution in [0.3, 0.4) is 0 Å². The molecule has 37 heavy (non-hydrogen) atoms. The highest BCUT2D eigenvalue weighted by atomic mass is 32.2. The molecule has 7 nitrogen and oxygen atoms in total. The summed E-state index contributed by atoms with van der Waals surface area (Å²) in [5, 5.41) is 1.50. The van der Waals surface area contributed by atoms with Gasteiger partial charge in [0.25, 0.3) is 0 Å². The number of fused-ring (bicyclic) bond motifs is 3. The molecule has 0 aliphatic heterocycles. The van der Waals surface area contributed by atoms with E-state index < -0.39 is 21.7 Å². The zero-order valence-corrected chi connectivity index (χ0v) is 21.9. The van der Waals surface area contributed by atoms with Gasteiger partial charge >= 0.3 is 6.09 Å². The highest BCUT2D eigenvalue weighted by Crippen LogP contribution is 2.43. The average Bonchev–Trinajstić information content (AvgIpc) is 3.18. The Morgan fingerprint density at radius 1 is 0.865 bits per heavy atom. The molecule has 0 amide bonds. The first kappa shape index (κ1) is 24.5. The van der Waals surface area contributed by atoms with Crippen molar-refractivity contribution in [3.63, 3.8) is 0 Å². The number of hydrogen-bond donors (Lipinski definition) is 0. The van der Waals surface area contributed by atoms with Gasteiger partial charge in [0.2, 0.25) is 10.0 Å². The van der Waals surface area contributed by atoms with Gasteiger partial charge in [-0.15, -0.1) is 0 Å². The predicted octanol–water partition coefficient (Wildman–Crippen LogP) is 6.74. The van der Waals surface area contributed by atoms with Crippen molar-refractivity contribution in [1.82, 2.24) is 9.55 Å². The fraction of sp³-hybridized carbons (Fsp3) is 0.172. The molecule has 2 aromatic heterocycles. The topological polar surface area (TPSA) is 81.5 Å². The molecule has 0 saturated heterocycles. The lowest BCUT2D eigenvalue weighted by molar-refractivity contribution is 0.0551. The van der Waals surface area contributed by atoms with Gasteiger partial charge in [-0.2, -0.15) is 0 Å². The maximum atomic E-state index is 13.4. The third-order valence-electron chi connectivity index (χ3n) is 5.85. The van der Waals surface area contributed by atoms with Crippen molar-refractivity contribution in [2.45, 2.75) is 26.4 Å².